The fraction of sp³-hybridized carbons (Fsp3) is 0. The molecule has 3 nitrogen and oxygen atoms in total. The number of nitrogens with one attached hydrogen (secondary N) is 1. The molecule has 0 saturated carbocycles. The van der Waals surface area contributed by atoms with Crippen LogP contribution in [0.4, 0.5) is 11.6 Å². The van der Waals surface area contributed by atoms with Crippen LogP contribution in [0.5, 0.6) is 0 Å². The first kappa shape index (κ1) is 7.73. The van der Waals surface area contributed by atoms with Crippen LogP contribution >= 0.6 is 0 Å². The standard InChI is InChI=1S/C10H8N3/c1-2-5-9(6-3-1)13-10-11-7-4-8-12-10/h2-8H,(H,11,12,13). The molecule has 0 aliphatic carbocycles. The smallest absolute Gasteiger partial charge is 0.227 e. The van der Waals surface area contributed by atoms with Gasteiger partial charge >= 0.3 is 0 Å². The summed E-state index contributed by atoms with van der Waals surface area (Å²) in [6.45, 7) is 0. The molecule has 63 valence electrons. The molecular weight excluding hydrogens is 162 g/mol. The number of anilines is 2. The van der Waals surface area contributed by atoms with E-state index in [4.69, 9.17) is 0 Å². The summed E-state index contributed by atoms with van der Waals surface area (Å²) < 4.78 is 0. The van der Waals surface area contributed by atoms with Crippen LogP contribution in [-0.4, -0.2) is 9.97 Å². The van der Waals surface area contributed by atoms with E-state index in [1.165, 1.54) is 0 Å². The van der Waals surface area contributed by atoms with E-state index in [0.29, 0.717) is 5.95 Å². The monoisotopic (exact) mass is 170 g/mol. The van der Waals surface area contributed by atoms with Gasteiger partial charge in [0.25, 0.3) is 0 Å². The lowest BCUT2D eigenvalue weighted by atomic mass is 10.3. The van der Waals surface area contributed by atoms with E-state index in [1.807, 2.05) is 24.3 Å². The Morgan fingerprint density at radius 1 is 1.08 bits per heavy atom. The van der Waals surface area contributed by atoms with E-state index in [2.05, 4.69) is 21.4 Å². The average molecular weight is 170 g/mol. The first-order valence-corrected chi connectivity index (χ1v) is 3.95. The lowest BCUT2D eigenvalue weighted by molar-refractivity contribution is 1.17. The fourth-order valence-corrected chi connectivity index (χ4v) is 0.963. The highest BCUT2D eigenvalue weighted by Gasteiger charge is 1.92. The van der Waals surface area contributed by atoms with Crippen molar-refractivity contribution in [2.75, 3.05) is 5.32 Å². The second-order valence-corrected chi connectivity index (χ2v) is 2.49. The Morgan fingerprint density at radius 2 is 1.77 bits per heavy atom. The van der Waals surface area contributed by atoms with Crippen molar-refractivity contribution in [3.63, 3.8) is 0 Å². The van der Waals surface area contributed by atoms with Gasteiger partial charge in [0.15, 0.2) is 0 Å². The summed E-state index contributed by atoms with van der Waals surface area (Å²) in [7, 11) is 0. The third-order valence-corrected chi connectivity index (χ3v) is 1.54. The van der Waals surface area contributed by atoms with E-state index in [-0.39, 0.29) is 0 Å². The molecule has 1 aromatic carbocycles. The SMILES string of the molecule is [c]1ccc(Nc2ncccn2)cc1. The molecule has 1 aromatic heterocycles. The van der Waals surface area contributed by atoms with Crippen LogP contribution in [0.15, 0.2) is 42.7 Å². The highest BCUT2D eigenvalue weighted by Crippen LogP contribution is 2.09. The minimum Gasteiger partial charge on any atom is -0.324 e. The lowest BCUT2D eigenvalue weighted by Gasteiger charge is -2.01. The van der Waals surface area contributed by atoms with Crippen molar-refractivity contribution in [1.29, 1.82) is 0 Å². The number of hydrogen-bond acceptors (Lipinski definition) is 3. The first-order valence-electron chi connectivity index (χ1n) is 3.95. The Labute approximate surface area is 76.5 Å². The van der Waals surface area contributed by atoms with Gasteiger partial charge in [-0.25, -0.2) is 9.97 Å². The number of aromatic nitrogens is 2. The highest BCUT2D eigenvalue weighted by molar-refractivity contribution is 5.51. The van der Waals surface area contributed by atoms with Crippen LogP contribution in [0.2, 0.25) is 0 Å². The molecule has 3 heteroatoms. The van der Waals surface area contributed by atoms with Crippen molar-refractivity contribution >= 4 is 11.6 Å². The summed E-state index contributed by atoms with van der Waals surface area (Å²) in [5, 5.41) is 3.06. The van der Waals surface area contributed by atoms with Gasteiger partial charge < -0.3 is 5.32 Å². The van der Waals surface area contributed by atoms with Gasteiger partial charge in [0, 0.05) is 18.1 Å². The summed E-state index contributed by atoms with van der Waals surface area (Å²) in [5.41, 5.74) is 0.963. The number of nitrogens with zero attached hydrogens (tertiary/aromatic N) is 2. The van der Waals surface area contributed by atoms with Crippen LogP contribution in [0.3, 0.4) is 0 Å². The molecule has 2 aromatic rings. The molecule has 1 N–H and O–H groups in total. The number of rotatable bonds is 2. The van der Waals surface area contributed by atoms with Crippen LogP contribution in [-0.2, 0) is 0 Å². The maximum absolute atomic E-state index is 4.04. The molecule has 0 aliphatic rings. The predicted molar refractivity (Wildman–Crippen MR) is 50.6 cm³/mol. The van der Waals surface area contributed by atoms with Gasteiger partial charge in [-0.1, -0.05) is 12.1 Å². The van der Waals surface area contributed by atoms with Crippen LogP contribution in [0, 0.1) is 6.07 Å². The Bertz CT molecular complexity index is 321. The molecule has 0 fully saturated rings. The molecule has 0 saturated heterocycles. The zero-order valence-corrected chi connectivity index (χ0v) is 6.94. The van der Waals surface area contributed by atoms with Gasteiger partial charge in [-0.15, -0.1) is 0 Å². The normalized spacial score (nSPS) is 9.54. The van der Waals surface area contributed by atoms with Crippen molar-refractivity contribution in [2.45, 2.75) is 0 Å². The summed E-state index contributed by atoms with van der Waals surface area (Å²) in [4.78, 5) is 8.08. The van der Waals surface area contributed by atoms with Gasteiger partial charge in [0.1, 0.15) is 0 Å². The molecule has 0 unspecified atom stereocenters. The second-order valence-electron chi connectivity index (χ2n) is 2.49. The van der Waals surface area contributed by atoms with Crippen LogP contribution in [0.25, 0.3) is 0 Å². The zero-order chi connectivity index (χ0) is 8.93. The molecule has 1 heterocycles. The van der Waals surface area contributed by atoms with E-state index in [0.717, 1.165) is 5.69 Å². The van der Waals surface area contributed by atoms with Crippen LogP contribution in [0.1, 0.15) is 0 Å². The van der Waals surface area contributed by atoms with Gasteiger partial charge in [0.05, 0.1) is 0 Å². The third kappa shape index (κ3) is 2.02. The van der Waals surface area contributed by atoms with E-state index < -0.39 is 0 Å². The summed E-state index contributed by atoms with van der Waals surface area (Å²) >= 11 is 0. The molecule has 0 atom stereocenters. The van der Waals surface area contributed by atoms with Crippen molar-refractivity contribution in [1.82, 2.24) is 9.97 Å². The molecular formula is C10H8N3. The minimum absolute atomic E-state index is 0.605. The average Bonchev–Trinajstić information content (AvgIpc) is 2.21. The first-order chi connectivity index (χ1) is 6.45. The number of benzene rings is 1. The van der Waals surface area contributed by atoms with Gasteiger partial charge in [-0.3, -0.25) is 0 Å². The molecule has 2 rings (SSSR count). The Balaban J connectivity index is 2.16. The molecule has 0 aliphatic heterocycles. The maximum atomic E-state index is 4.04. The van der Waals surface area contributed by atoms with E-state index in [9.17, 15) is 0 Å². The Morgan fingerprint density at radius 3 is 2.46 bits per heavy atom. The summed E-state index contributed by atoms with van der Waals surface area (Å²) in [6.07, 6.45) is 3.40. The van der Waals surface area contributed by atoms with Gasteiger partial charge in [-0.05, 0) is 24.3 Å². The molecule has 1 radical (unpaired) electrons. The van der Waals surface area contributed by atoms with Crippen LogP contribution < -0.4 is 5.32 Å². The third-order valence-electron chi connectivity index (χ3n) is 1.54. The topological polar surface area (TPSA) is 37.8 Å². The highest BCUT2D eigenvalue weighted by atomic mass is 15.1. The maximum Gasteiger partial charge on any atom is 0.227 e. The minimum atomic E-state index is 0.605. The fourth-order valence-electron chi connectivity index (χ4n) is 0.963. The van der Waals surface area contributed by atoms with Crippen molar-refractivity contribution < 1.29 is 0 Å². The van der Waals surface area contributed by atoms with Gasteiger partial charge in [0.2, 0.25) is 5.95 Å². The summed E-state index contributed by atoms with van der Waals surface area (Å²) in [6, 6.07) is 12.2. The van der Waals surface area contributed by atoms with E-state index >= 15 is 0 Å². The Hall–Kier alpha value is -1.90. The molecule has 0 amide bonds. The quantitative estimate of drug-likeness (QED) is 0.749. The molecule has 13 heavy (non-hydrogen) atoms. The van der Waals surface area contributed by atoms with E-state index in [1.54, 1.807) is 18.5 Å². The number of hydrogen-bond donors (Lipinski definition) is 1. The second kappa shape index (κ2) is 3.67. The lowest BCUT2D eigenvalue weighted by Crippen LogP contribution is -1.94. The van der Waals surface area contributed by atoms with Crippen molar-refractivity contribution in [2.24, 2.45) is 0 Å². The largest absolute Gasteiger partial charge is 0.324 e. The van der Waals surface area contributed by atoms with Crippen molar-refractivity contribution in [3.8, 4) is 0 Å². The van der Waals surface area contributed by atoms with Crippen molar-refractivity contribution in [3.05, 3.63) is 48.8 Å². The zero-order valence-electron chi connectivity index (χ0n) is 6.94. The Kier molecular flexibility index (Phi) is 2.18. The summed E-state index contributed by atoms with van der Waals surface area (Å²) in [5.74, 6) is 0.605. The molecule has 0 spiro atoms. The molecule has 0 bridgehead atoms. The predicted octanol–water partition coefficient (Wildman–Crippen LogP) is 2.02. The van der Waals surface area contributed by atoms with Gasteiger partial charge in [-0.2, -0.15) is 0 Å².